The van der Waals surface area contributed by atoms with E-state index in [1.165, 1.54) is 0 Å². The number of rotatable bonds is 6. The zero-order valence-corrected chi connectivity index (χ0v) is 9.95. The van der Waals surface area contributed by atoms with Gasteiger partial charge in [-0.15, -0.1) is 0 Å². The first-order chi connectivity index (χ1) is 7.69. The van der Waals surface area contributed by atoms with Crippen molar-refractivity contribution in [2.45, 2.75) is 32.6 Å². The Morgan fingerprint density at radius 1 is 1.38 bits per heavy atom. The third-order valence-corrected chi connectivity index (χ3v) is 2.57. The lowest BCUT2D eigenvalue weighted by Crippen LogP contribution is -2.04. The third kappa shape index (κ3) is 3.26. The molecular formula is C13H19NO2. The predicted octanol–water partition coefficient (Wildman–Crippen LogP) is 3.04. The molecule has 0 radical (unpaired) electrons. The van der Waals surface area contributed by atoms with Crippen molar-refractivity contribution >= 4 is 11.5 Å². The summed E-state index contributed by atoms with van der Waals surface area (Å²) in [7, 11) is 1.58. The van der Waals surface area contributed by atoms with Crippen LogP contribution < -0.4 is 10.5 Å². The lowest BCUT2D eigenvalue weighted by atomic mass is 10.0. The minimum atomic E-state index is 0.102. The second kappa shape index (κ2) is 6.16. The van der Waals surface area contributed by atoms with Crippen molar-refractivity contribution in [1.82, 2.24) is 0 Å². The van der Waals surface area contributed by atoms with E-state index in [-0.39, 0.29) is 5.78 Å². The maximum atomic E-state index is 11.9. The number of unbranched alkanes of at least 4 members (excludes halogenated alkanes) is 2. The van der Waals surface area contributed by atoms with Crippen molar-refractivity contribution in [3.63, 3.8) is 0 Å². The van der Waals surface area contributed by atoms with E-state index in [9.17, 15) is 4.79 Å². The second-order valence-corrected chi connectivity index (χ2v) is 3.83. The quantitative estimate of drug-likeness (QED) is 0.456. The Balaban J connectivity index is 2.73. The molecule has 0 aliphatic rings. The van der Waals surface area contributed by atoms with Gasteiger partial charge in [-0.05, 0) is 24.6 Å². The minimum Gasteiger partial charge on any atom is -0.497 e. The van der Waals surface area contributed by atoms with Gasteiger partial charge in [0, 0.05) is 17.7 Å². The van der Waals surface area contributed by atoms with Crippen LogP contribution >= 0.6 is 0 Å². The molecule has 0 saturated carbocycles. The van der Waals surface area contributed by atoms with Crippen LogP contribution in [0.2, 0.25) is 0 Å². The summed E-state index contributed by atoms with van der Waals surface area (Å²) >= 11 is 0. The Kier molecular flexibility index (Phi) is 4.83. The number of hydrogen-bond donors (Lipinski definition) is 1. The van der Waals surface area contributed by atoms with Crippen molar-refractivity contribution in [2.75, 3.05) is 12.8 Å². The summed E-state index contributed by atoms with van der Waals surface area (Å²) in [6.45, 7) is 2.12. The fraction of sp³-hybridized carbons (Fsp3) is 0.462. The molecule has 0 aliphatic carbocycles. The normalized spacial score (nSPS) is 10.1. The Hall–Kier alpha value is -1.51. The summed E-state index contributed by atoms with van der Waals surface area (Å²) in [6, 6.07) is 5.19. The van der Waals surface area contributed by atoms with Gasteiger partial charge in [0.2, 0.25) is 0 Å². The minimum absolute atomic E-state index is 0.102. The fourth-order valence-corrected chi connectivity index (χ4v) is 1.57. The molecule has 0 saturated heterocycles. The zero-order chi connectivity index (χ0) is 12.0. The van der Waals surface area contributed by atoms with E-state index >= 15 is 0 Å². The monoisotopic (exact) mass is 221 g/mol. The molecule has 88 valence electrons. The molecule has 0 bridgehead atoms. The van der Waals surface area contributed by atoms with Crippen LogP contribution in [0.1, 0.15) is 43.0 Å². The Bertz CT molecular complexity index is 361. The van der Waals surface area contributed by atoms with Crippen LogP contribution in [0.15, 0.2) is 18.2 Å². The van der Waals surface area contributed by atoms with Gasteiger partial charge in [-0.25, -0.2) is 0 Å². The largest absolute Gasteiger partial charge is 0.497 e. The molecule has 0 heterocycles. The number of nitrogens with two attached hydrogens (primary N) is 1. The Morgan fingerprint density at radius 2 is 2.12 bits per heavy atom. The van der Waals surface area contributed by atoms with Crippen molar-refractivity contribution in [3.05, 3.63) is 23.8 Å². The number of Topliss-reactive ketones (excluding diaryl/α,β-unsaturated/α-hetero) is 1. The third-order valence-electron chi connectivity index (χ3n) is 2.57. The molecule has 0 fully saturated rings. The number of benzene rings is 1. The van der Waals surface area contributed by atoms with E-state index in [0.29, 0.717) is 23.4 Å². The number of methoxy groups -OCH3 is 1. The lowest BCUT2D eigenvalue weighted by Gasteiger charge is -2.07. The van der Waals surface area contributed by atoms with Crippen LogP contribution in [0.25, 0.3) is 0 Å². The molecule has 3 nitrogen and oxygen atoms in total. The maximum Gasteiger partial charge on any atom is 0.165 e. The topological polar surface area (TPSA) is 52.3 Å². The number of nitrogen functional groups attached to an aromatic ring is 1. The van der Waals surface area contributed by atoms with Gasteiger partial charge in [-0.2, -0.15) is 0 Å². The van der Waals surface area contributed by atoms with Gasteiger partial charge >= 0.3 is 0 Å². The van der Waals surface area contributed by atoms with Gasteiger partial charge in [0.05, 0.1) is 7.11 Å². The zero-order valence-electron chi connectivity index (χ0n) is 9.95. The summed E-state index contributed by atoms with van der Waals surface area (Å²) in [5.41, 5.74) is 6.88. The second-order valence-electron chi connectivity index (χ2n) is 3.83. The highest BCUT2D eigenvalue weighted by Gasteiger charge is 2.10. The molecule has 0 aromatic heterocycles. The van der Waals surface area contributed by atoms with Crippen molar-refractivity contribution < 1.29 is 9.53 Å². The molecule has 0 aliphatic heterocycles. The standard InChI is InChI=1S/C13H19NO2/c1-3-4-5-6-13(15)11-9-10(16-2)7-8-12(11)14/h7-9H,3-6,14H2,1-2H3. The Morgan fingerprint density at radius 3 is 2.75 bits per heavy atom. The van der Waals surface area contributed by atoms with Crippen LogP contribution in [0.4, 0.5) is 5.69 Å². The number of ketones is 1. The maximum absolute atomic E-state index is 11.9. The van der Waals surface area contributed by atoms with Gasteiger partial charge in [-0.1, -0.05) is 19.8 Å². The average Bonchev–Trinajstić information content (AvgIpc) is 2.30. The number of hydrogen-bond acceptors (Lipinski definition) is 3. The molecule has 16 heavy (non-hydrogen) atoms. The van der Waals surface area contributed by atoms with Crippen LogP contribution in [0, 0.1) is 0 Å². The van der Waals surface area contributed by atoms with Gasteiger partial charge in [0.1, 0.15) is 5.75 Å². The van der Waals surface area contributed by atoms with E-state index in [1.54, 1.807) is 25.3 Å². The van der Waals surface area contributed by atoms with E-state index in [4.69, 9.17) is 10.5 Å². The summed E-state index contributed by atoms with van der Waals surface area (Å²) in [4.78, 5) is 11.9. The van der Waals surface area contributed by atoms with Crippen LogP contribution in [-0.4, -0.2) is 12.9 Å². The smallest absolute Gasteiger partial charge is 0.165 e. The first kappa shape index (κ1) is 12.6. The molecule has 1 rings (SSSR count). The van der Waals surface area contributed by atoms with Gasteiger partial charge < -0.3 is 10.5 Å². The fourth-order valence-electron chi connectivity index (χ4n) is 1.57. The first-order valence-electron chi connectivity index (χ1n) is 5.65. The predicted molar refractivity (Wildman–Crippen MR) is 65.9 cm³/mol. The summed E-state index contributed by atoms with van der Waals surface area (Å²) in [5, 5.41) is 0. The highest BCUT2D eigenvalue weighted by atomic mass is 16.5. The van der Waals surface area contributed by atoms with Gasteiger partial charge in [-0.3, -0.25) is 4.79 Å². The van der Waals surface area contributed by atoms with Gasteiger partial charge in [0.25, 0.3) is 0 Å². The van der Waals surface area contributed by atoms with Crippen molar-refractivity contribution in [2.24, 2.45) is 0 Å². The molecule has 1 aromatic rings. The molecular weight excluding hydrogens is 202 g/mol. The Labute approximate surface area is 96.6 Å². The van der Waals surface area contributed by atoms with Crippen LogP contribution in [-0.2, 0) is 0 Å². The molecule has 0 unspecified atom stereocenters. The molecule has 0 spiro atoms. The van der Waals surface area contributed by atoms with Crippen LogP contribution in [0.5, 0.6) is 5.75 Å². The molecule has 2 N–H and O–H groups in total. The average molecular weight is 221 g/mol. The van der Waals surface area contributed by atoms with E-state index in [2.05, 4.69) is 6.92 Å². The number of ether oxygens (including phenoxy) is 1. The number of carbonyl (C=O) groups excluding carboxylic acids is 1. The summed E-state index contributed by atoms with van der Waals surface area (Å²) in [5.74, 6) is 0.776. The van der Waals surface area contributed by atoms with Gasteiger partial charge in [0.15, 0.2) is 5.78 Å². The molecule has 3 heteroatoms. The highest BCUT2D eigenvalue weighted by molar-refractivity contribution is 6.01. The van der Waals surface area contributed by atoms with Crippen molar-refractivity contribution in [3.8, 4) is 5.75 Å². The van der Waals surface area contributed by atoms with Crippen LogP contribution in [0.3, 0.4) is 0 Å². The number of anilines is 1. The first-order valence-corrected chi connectivity index (χ1v) is 5.65. The number of carbonyl (C=O) groups is 1. The van der Waals surface area contributed by atoms with E-state index in [1.807, 2.05) is 0 Å². The lowest BCUT2D eigenvalue weighted by molar-refractivity contribution is 0.0980. The summed E-state index contributed by atoms with van der Waals surface area (Å²) in [6.07, 6.45) is 3.67. The molecule has 0 amide bonds. The van der Waals surface area contributed by atoms with E-state index < -0.39 is 0 Å². The highest BCUT2D eigenvalue weighted by Crippen LogP contribution is 2.21. The molecule has 1 aromatic carbocycles. The van der Waals surface area contributed by atoms with Crippen molar-refractivity contribution in [1.29, 1.82) is 0 Å². The SMILES string of the molecule is CCCCCC(=O)c1cc(OC)ccc1N. The van der Waals surface area contributed by atoms with E-state index in [0.717, 1.165) is 19.3 Å². The molecule has 0 atom stereocenters. The summed E-state index contributed by atoms with van der Waals surface area (Å²) < 4.78 is 5.08.